The van der Waals surface area contributed by atoms with Gasteiger partial charge < -0.3 is 23.7 Å². The summed E-state index contributed by atoms with van der Waals surface area (Å²) in [6, 6.07) is 58.1. The monoisotopic (exact) mass is 790 g/mol. The van der Waals surface area contributed by atoms with Crippen LogP contribution in [0.1, 0.15) is 27.8 Å². The Kier molecular flexibility index (Phi) is 10.1. The predicted octanol–water partition coefficient (Wildman–Crippen LogP) is 16.3. The number of rotatable bonds is 10. The van der Waals surface area contributed by atoms with Gasteiger partial charge in [-0.2, -0.15) is 0 Å². The van der Waals surface area contributed by atoms with Crippen LogP contribution in [0, 0.1) is 34.6 Å². The molecule has 0 fully saturated rings. The molecule has 59 heavy (non-hydrogen) atoms. The topological polar surface area (TPSA) is 38.1 Å². The number of aryl methyl sites for hydroxylation is 5. The first kappa shape index (κ1) is 37.6. The molecule has 6 heteroatoms. The Labute approximate surface area is 350 Å². The zero-order valence-corrected chi connectivity index (χ0v) is 34.4. The zero-order valence-electron chi connectivity index (χ0n) is 33.7. The quantitative estimate of drug-likeness (QED) is 0.138. The number of ether oxygens (including phenoxy) is 2. The van der Waals surface area contributed by atoms with Crippen molar-refractivity contribution in [2.45, 2.75) is 34.6 Å². The van der Waals surface area contributed by atoms with Gasteiger partial charge in [-0.05, 0) is 113 Å². The van der Waals surface area contributed by atoms with Gasteiger partial charge in [-0.3, -0.25) is 0 Å². The lowest BCUT2D eigenvalue weighted by Gasteiger charge is -2.29. The summed E-state index contributed by atoms with van der Waals surface area (Å²) in [5.74, 6) is 2.08. The Balaban J connectivity index is 1.29. The molecule has 1 heterocycles. The van der Waals surface area contributed by atoms with Crippen LogP contribution < -0.4 is 19.3 Å². The molecule has 0 radical (unpaired) electrons. The van der Waals surface area contributed by atoms with Crippen molar-refractivity contribution in [1.29, 1.82) is 0 Å². The Morgan fingerprint density at radius 1 is 0.407 bits per heavy atom. The summed E-state index contributed by atoms with van der Waals surface area (Å²) < 4.78 is 20.6. The lowest BCUT2D eigenvalue weighted by atomic mass is 10.1. The molecule has 290 valence electrons. The van der Waals surface area contributed by atoms with E-state index in [1.54, 1.807) is 0 Å². The highest BCUT2D eigenvalue weighted by Crippen LogP contribution is 2.51. The zero-order chi connectivity index (χ0) is 40.6. The van der Waals surface area contributed by atoms with Crippen LogP contribution in [0.15, 0.2) is 174 Å². The van der Waals surface area contributed by atoms with E-state index in [4.69, 9.17) is 25.5 Å². The van der Waals surface area contributed by atoms with Gasteiger partial charge in [-0.25, -0.2) is 0 Å². The van der Waals surface area contributed by atoms with Crippen molar-refractivity contribution >= 4 is 67.7 Å². The maximum atomic E-state index is 7.43. The summed E-state index contributed by atoms with van der Waals surface area (Å²) >= 11 is 7.43. The van der Waals surface area contributed by atoms with Crippen LogP contribution in [0.5, 0.6) is 23.0 Å². The highest BCUT2D eigenvalue weighted by Gasteiger charge is 2.27. The number of nitrogens with zero attached hydrogens (tertiary/aromatic N) is 2. The van der Waals surface area contributed by atoms with Crippen LogP contribution in [0.2, 0.25) is 5.02 Å². The average Bonchev–Trinajstić information content (AvgIpc) is 3.63. The molecule has 0 saturated carbocycles. The minimum Gasteiger partial charge on any atom is -0.456 e. The fourth-order valence-corrected chi connectivity index (χ4v) is 7.55. The van der Waals surface area contributed by atoms with Gasteiger partial charge >= 0.3 is 0 Å². The number of para-hydroxylation sites is 1. The van der Waals surface area contributed by atoms with Crippen molar-refractivity contribution in [2.75, 3.05) is 9.80 Å². The molecule has 0 unspecified atom stereocenters. The minimum absolute atomic E-state index is 0.329. The molecule has 0 aliphatic carbocycles. The lowest BCUT2D eigenvalue weighted by molar-refractivity contribution is 0.461. The molecular formula is C53H43ClN2O3. The van der Waals surface area contributed by atoms with E-state index in [1.807, 2.05) is 60.7 Å². The van der Waals surface area contributed by atoms with Crippen LogP contribution in [0.4, 0.5) is 34.1 Å². The number of furan rings is 1. The van der Waals surface area contributed by atoms with Crippen molar-refractivity contribution < 1.29 is 13.9 Å². The second-order valence-corrected chi connectivity index (χ2v) is 15.6. The first-order chi connectivity index (χ1) is 28.7. The second kappa shape index (κ2) is 15.8. The number of hydrogen-bond acceptors (Lipinski definition) is 5. The van der Waals surface area contributed by atoms with E-state index in [2.05, 4.69) is 154 Å². The van der Waals surface area contributed by atoms with Gasteiger partial charge in [-0.1, -0.05) is 118 Å². The van der Waals surface area contributed by atoms with Crippen molar-refractivity contribution in [2.24, 2.45) is 0 Å². The second-order valence-electron chi connectivity index (χ2n) is 15.2. The molecule has 9 rings (SSSR count). The number of anilines is 6. The van der Waals surface area contributed by atoms with E-state index in [0.717, 1.165) is 67.2 Å². The van der Waals surface area contributed by atoms with Gasteiger partial charge in [0.2, 0.25) is 0 Å². The van der Waals surface area contributed by atoms with Crippen LogP contribution in [0.25, 0.3) is 21.9 Å². The molecule has 8 aromatic carbocycles. The van der Waals surface area contributed by atoms with Crippen LogP contribution in [0.3, 0.4) is 0 Å². The van der Waals surface area contributed by atoms with Gasteiger partial charge in [0.25, 0.3) is 0 Å². The largest absolute Gasteiger partial charge is 0.456 e. The van der Waals surface area contributed by atoms with Crippen LogP contribution >= 0.6 is 11.6 Å². The summed E-state index contributed by atoms with van der Waals surface area (Å²) in [4.78, 5) is 4.39. The number of benzene rings is 8. The van der Waals surface area contributed by atoms with Crippen molar-refractivity contribution in [3.05, 3.63) is 203 Å². The Bertz CT molecular complexity index is 2830. The van der Waals surface area contributed by atoms with Crippen LogP contribution in [-0.4, -0.2) is 0 Å². The number of fused-ring (bicyclic) bond motifs is 3. The van der Waals surface area contributed by atoms with E-state index in [9.17, 15) is 0 Å². The number of hydrogen-bond donors (Lipinski definition) is 0. The Morgan fingerprint density at radius 3 is 1.36 bits per heavy atom. The molecule has 5 nitrogen and oxygen atoms in total. The molecular weight excluding hydrogens is 748 g/mol. The molecule has 0 saturated heterocycles. The molecule has 0 aliphatic rings. The van der Waals surface area contributed by atoms with Gasteiger partial charge in [0.15, 0.2) is 22.8 Å². The smallest absolute Gasteiger partial charge is 0.163 e. The molecule has 0 spiro atoms. The fraction of sp³-hybridized carbons (Fsp3) is 0.0943. The normalized spacial score (nSPS) is 11.2. The molecule has 0 atom stereocenters. The van der Waals surface area contributed by atoms with Gasteiger partial charge in [-0.15, -0.1) is 0 Å². The van der Waals surface area contributed by atoms with E-state index >= 15 is 0 Å². The molecule has 0 bridgehead atoms. The third-order valence-electron chi connectivity index (χ3n) is 10.6. The highest BCUT2D eigenvalue weighted by atomic mass is 35.5. The summed E-state index contributed by atoms with van der Waals surface area (Å²) in [5, 5.41) is 2.32. The maximum Gasteiger partial charge on any atom is 0.163 e. The first-order valence-electron chi connectivity index (χ1n) is 19.8. The molecule has 0 amide bonds. The fourth-order valence-electron chi connectivity index (χ4n) is 7.37. The van der Waals surface area contributed by atoms with Gasteiger partial charge in [0, 0.05) is 45.7 Å². The third-order valence-corrected chi connectivity index (χ3v) is 11.0. The van der Waals surface area contributed by atoms with E-state index in [0.29, 0.717) is 33.6 Å². The van der Waals surface area contributed by atoms with Crippen molar-refractivity contribution in [1.82, 2.24) is 0 Å². The van der Waals surface area contributed by atoms with E-state index in [-0.39, 0.29) is 0 Å². The van der Waals surface area contributed by atoms with Gasteiger partial charge in [0.1, 0.15) is 22.0 Å². The molecule has 0 N–H and O–H groups in total. The summed E-state index contributed by atoms with van der Waals surface area (Å²) in [6.07, 6.45) is 0. The summed E-state index contributed by atoms with van der Waals surface area (Å²) in [7, 11) is 0. The predicted molar refractivity (Wildman–Crippen MR) is 245 cm³/mol. The maximum absolute atomic E-state index is 7.43. The first-order valence-corrected chi connectivity index (χ1v) is 20.1. The van der Waals surface area contributed by atoms with Crippen molar-refractivity contribution in [3.63, 3.8) is 0 Å². The van der Waals surface area contributed by atoms with E-state index < -0.39 is 0 Å². The minimum atomic E-state index is 0.329. The Morgan fingerprint density at radius 2 is 0.847 bits per heavy atom. The lowest BCUT2D eigenvalue weighted by Crippen LogP contribution is -2.12. The standard InChI is InChI=1S/C53H43ClN2O3/c1-34-10-20-39(21-11-34)55(40-22-12-35(2)13-23-40)43-32-49(57-44-28-18-38(5)19-29-44)51(54)50(33-43)58-48-31-30-46-45-8-6-7-9-47(45)59-53(46)52(48)56(41-24-14-36(3)15-25-41)42-26-16-37(4)17-27-42/h6-33H,1-5H3. The average molecular weight is 791 g/mol. The molecule has 0 aliphatic heterocycles. The Hall–Kier alpha value is -6.95. The SMILES string of the molecule is Cc1ccc(Oc2cc(N(c3ccc(C)cc3)c3ccc(C)cc3)cc(Oc3ccc4c(oc5ccccc54)c3N(c3ccc(C)cc3)c3ccc(C)cc3)c2Cl)cc1. The molecule has 1 aromatic heterocycles. The number of halogens is 1. The van der Waals surface area contributed by atoms with Gasteiger partial charge in [0.05, 0.1) is 5.69 Å². The summed E-state index contributed by atoms with van der Waals surface area (Å²) in [5.41, 5.74) is 12.7. The van der Waals surface area contributed by atoms with Crippen molar-refractivity contribution in [3.8, 4) is 23.0 Å². The summed E-state index contributed by atoms with van der Waals surface area (Å²) in [6.45, 7) is 10.4. The third kappa shape index (κ3) is 7.61. The van der Waals surface area contributed by atoms with E-state index in [1.165, 1.54) is 11.1 Å². The molecule has 9 aromatic rings. The highest BCUT2D eigenvalue weighted by molar-refractivity contribution is 6.33. The van der Waals surface area contributed by atoms with Crippen LogP contribution in [-0.2, 0) is 0 Å².